The Hall–Kier alpha value is -2.05. The standard InChI is InChI=1S/C18H26F2N2O3/c1-3-11-18(19,20)25-16-8-6-5-7-15(16)24-14-9-12-22(13-10-14)17(23)21-4-2/h5-8,14H,3-4,9-13H2,1-2H3,(H,21,23). The van der Waals surface area contributed by atoms with Crippen molar-refractivity contribution in [2.75, 3.05) is 19.6 Å². The van der Waals surface area contributed by atoms with Crippen molar-refractivity contribution in [3.63, 3.8) is 0 Å². The molecule has 1 fully saturated rings. The summed E-state index contributed by atoms with van der Waals surface area (Å²) in [4.78, 5) is 13.5. The molecule has 0 atom stereocenters. The molecule has 0 radical (unpaired) electrons. The number of para-hydroxylation sites is 2. The third kappa shape index (κ3) is 5.76. The summed E-state index contributed by atoms with van der Waals surface area (Å²) in [6.07, 6.45) is -2.06. The largest absolute Gasteiger partial charge is 0.486 e. The number of benzene rings is 1. The van der Waals surface area contributed by atoms with Crippen molar-refractivity contribution in [1.29, 1.82) is 0 Å². The number of carbonyl (C=O) groups is 1. The zero-order valence-electron chi connectivity index (χ0n) is 14.8. The molecule has 140 valence electrons. The lowest BCUT2D eigenvalue weighted by atomic mass is 10.1. The molecule has 1 aliphatic heterocycles. The average Bonchev–Trinajstić information content (AvgIpc) is 2.57. The number of urea groups is 1. The number of halogens is 2. The van der Waals surface area contributed by atoms with Crippen molar-refractivity contribution in [1.82, 2.24) is 10.2 Å². The van der Waals surface area contributed by atoms with Gasteiger partial charge in [-0.15, -0.1) is 0 Å². The molecule has 0 bridgehead atoms. The molecule has 1 aromatic carbocycles. The van der Waals surface area contributed by atoms with Gasteiger partial charge in [-0.25, -0.2) is 4.79 Å². The second-order valence-electron chi connectivity index (χ2n) is 6.08. The van der Waals surface area contributed by atoms with Crippen LogP contribution in [0.1, 0.15) is 39.5 Å². The highest BCUT2D eigenvalue weighted by atomic mass is 19.3. The summed E-state index contributed by atoms with van der Waals surface area (Å²) in [5.41, 5.74) is 0. The van der Waals surface area contributed by atoms with Gasteiger partial charge in [0.05, 0.1) is 6.42 Å². The first kappa shape index (κ1) is 19.3. The molecule has 0 aliphatic carbocycles. The molecule has 0 aromatic heterocycles. The minimum Gasteiger partial charge on any atom is -0.486 e. The Kier molecular flexibility index (Phi) is 6.84. The zero-order chi connectivity index (χ0) is 18.3. The van der Waals surface area contributed by atoms with Gasteiger partial charge < -0.3 is 19.7 Å². The lowest BCUT2D eigenvalue weighted by Crippen LogP contribution is -2.46. The Labute approximate surface area is 147 Å². The van der Waals surface area contributed by atoms with E-state index in [9.17, 15) is 13.6 Å². The molecule has 1 heterocycles. The zero-order valence-corrected chi connectivity index (χ0v) is 14.8. The first-order valence-corrected chi connectivity index (χ1v) is 8.80. The van der Waals surface area contributed by atoms with E-state index < -0.39 is 6.11 Å². The number of carbonyl (C=O) groups excluding carboxylic acids is 1. The van der Waals surface area contributed by atoms with Crippen molar-refractivity contribution < 1.29 is 23.0 Å². The van der Waals surface area contributed by atoms with Gasteiger partial charge in [-0.2, -0.15) is 8.78 Å². The van der Waals surface area contributed by atoms with Crippen LogP contribution in [0.3, 0.4) is 0 Å². The molecule has 0 spiro atoms. The molecular weight excluding hydrogens is 330 g/mol. The first-order valence-electron chi connectivity index (χ1n) is 8.80. The van der Waals surface area contributed by atoms with Crippen LogP contribution < -0.4 is 14.8 Å². The smallest absolute Gasteiger partial charge is 0.397 e. The van der Waals surface area contributed by atoms with E-state index in [2.05, 4.69) is 5.32 Å². The van der Waals surface area contributed by atoms with E-state index in [1.807, 2.05) is 6.92 Å². The van der Waals surface area contributed by atoms with Crippen LogP contribution in [-0.2, 0) is 0 Å². The van der Waals surface area contributed by atoms with E-state index in [1.165, 1.54) is 6.07 Å². The first-order chi connectivity index (χ1) is 11.9. The van der Waals surface area contributed by atoms with Gasteiger partial charge in [0, 0.05) is 32.5 Å². The number of nitrogens with one attached hydrogen (secondary N) is 1. The summed E-state index contributed by atoms with van der Waals surface area (Å²) in [7, 11) is 0. The van der Waals surface area contributed by atoms with Crippen LogP contribution in [0, 0.1) is 0 Å². The number of likely N-dealkylation sites (tertiary alicyclic amines) is 1. The Bertz CT molecular complexity index is 561. The lowest BCUT2D eigenvalue weighted by molar-refractivity contribution is -0.181. The average molecular weight is 356 g/mol. The summed E-state index contributed by atoms with van der Waals surface area (Å²) in [5, 5.41) is 2.77. The summed E-state index contributed by atoms with van der Waals surface area (Å²) in [5.74, 6) is 0.363. The van der Waals surface area contributed by atoms with E-state index in [0.717, 1.165) is 0 Å². The second kappa shape index (κ2) is 8.87. The fraction of sp³-hybridized carbons (Fsp3) is 0.611. The Balaban J connectivity index is 1.94. The number of piperidine rings is 1. The van der Waals surface area contributed by atoms with E-state index in [-0.39, 0.29) is 24.3 Å². The van der Waals surface area contributed by atoms with Crippen LogP contribution in [0.4, 0.5) is 13.6 Å². The van der Waals surface area contributed by atoms with Crippen LogP contribution >= 0.6 is 0 Å². The van der Waals surface area contributed by atoms with E-state index in [4.69, 9.17) is 9.47 Å². The molecule has 0 unspecified atom stereocenters. The van der Waals surface area contributed by atoms with Gasteiger partial charge in [-0.3, -0.25) is 0 Å². The van der Waals surface area contributed by atoms with Crippen LogP contribution in [-0.4, -0.2) is 42.8 Å². The fourth-order valence-corrected chi connectivity index (χ4v) is 2.75. The molecular formula is C18H26F2N2O3. The molecule has 1 N–H and O–H groups in total. The summed E-state index contributed by atoms with van der Waals surface area (Å²) < 4.78 is 38.3. The maximum absolute atomic E-state index is 13.8. The number of nitrogens with zero attached hydrogens (tertiary/aromatic N) is 1. The lowest BCUT2D eigenvalue weighted by Gasteiger charge is -2.32. The quantitative estimate of drug-likeness (QED) is 0.802. The van der Waals surface area contributed by atoms with Crippen molar-refractivity contribution in [3.8, 4) is 11.5 Å². The summed E-state index contributed by atoms with van der Waals surface area (Å²) in [6, 6.07) is 6.41. The number of amides is 2. The van der Waals surface area contributed by atoms with Crippen LogP contribution in [0.5, 0.6) is 11.5 Å². The number of ether oxygens (including phenoxy) is 2. The third-order valence-corrected chi connectivity index (χ3v) is 4.00. The van der Waals surface area contributed by atoms with E-state index in [1.54, 1.807) is 30.0 Å². The number of rotatable bonds is 7. The van der Waals surface area contributed by atoms with Crippen LogP contribution in [0.25, 0.3) is 0 Å². The second-order valence-corrected chi connectivity index (χ2v) is 6.08. The number of hydrogen-bond acceptors (Lipinski definition) is 3. The van der Waals surface area contributed by atoms with Gasteiger partial charge in [0.1, 0.15) is 6.10 Å². The van der Waals surface area contributed by atoms with Crippen molar-refractivity contribution in [2.45, 2.75) is 51.7 Å². The number of hydrogen-bond donors (Lipinski definition) is 1. The highest BCUT2D eigenvalue weighted by Crippen LogP contribution is 2.34. The molecule has 1 aliphatic rings. The van der Waals surface area contributed by atoms with Gasteiger partial charge in [0.2, 0.25) is 0 Å². The highest BCUT2D eigenvalue weighted by molar-refractivity contribution is 5.74. The fourth-order valence-electron chi connectivity index (χ4n) is 2.75. The molecule has 7 heteroatoms. The molecule has 5 nitrogen and oxygen atoms in total. The maximum atomic E-state index is 13.8. The van der Waals surface area contributed by atoms with Crippen molar-refractivity contribution >= 4 is 6.03 Å². The molecule has 0 saturated carbocycles. The van der Waals surface area contributed by atoms with E-state index >= 15 is 0 Å². The predicted molar refractivity (Wildman–Crippen MR) is 91.2 cm³/mol. The number of alkyl halides is 2. The van der Waals surface area contributed by atoms with Gasteiger partial charge in [0.25, 0.3) is 0 Å². The topological polar surface area (TPSA) is 50.8 Å². The Morgan fingerprint density at radius 1 is 1.24 bits per heavy atom. The van der Waals surface area contributed by atoms with Gasteiger partial charge in [-0.1, -0.05) is 19.1 Å². The molecule has 25 heavy (non-hydrogen) atoms. The Morgan fingerprint density at radius 3 is 2.48 bits per heavy atom. The van der Waals surface area contributed by atoms with Gasteiger partial charge >= 0.3 is 12.1 Å². The highest BCUT2D eigenvalue weighted by Gasteiger charge is 2.32. The molecule has 1 saturated heterocycles. The normalized spacial score (nSPS) is 15.8. The summed E-state index contributed by atoms with van der Waals surface area (Å²) >= 11 is 0. The van der Waals surface area contributed by atoms with Crippen LogP contribution in [0.2, 0.25) is 0 Å². The monoisotopic (exact) mass is 356 g/mol. The predicted octanol–water partition coefficient (Wildman–Crippen LogP) is 4.03. The Morgan fingerprint density at radius 2 is 1.88 bits per heavy atom. The summed E-state index contributed by atoms with van der Waals surface area (Å²) in [6.45, 7) is 5.30. The molecule has 2 amide bonds. The third-order valence-electron chi connectivity index (χ3n) is 4.00. The van der Waals surface area contributed by atoms with Crippen LogP contribution in [0.15, 0.2) is 24.3 Å². The molecule has 1 aromatic rings. The minimum atomic E-state index is -3.21. The maximum Gasteiger partial charge on any atom is 0.397 e. The van der Waals surface area contributed by atoms with Gasteiger partial charge in [0.15, 0.2) is 11.5 Å². The minimum absolute atomic E-state index is 0.0482. The van der Waals surface area contributed by atoms with Crippen molar-refractivity contribution in [3.05, 3.63) is 24.3 Å². The van der Waals surface area contributed by atoms with E-state index in [0.29, 0.717) is 44.6 Å². The van der Waals surface area contributed by atoms with Crippen molar-refractivity contribution in [2.24, 2.45) is 0 Å². The molecule has 2 rings (SSSR count). The van der Waals surface area contributed by atoms with Gasteiger partial charge in [-0.05, 0) is 25.5 Å². The SMILES string of the molecule is CCCC(F)(F)Oc1ccccc1OC1CCN(C(=O)NCC)CC1.